The smallest absolute Gasteiger partial charge is 0.306 e. The van der Waals surface area contributed by atoms with Crippen LogP contribution in [0.25, 0.3) is 0 Å². The molecule has 5 heteroatoms. The molecule has 0 spiro atoms. The fourth-order valence-corrected chi connectivity index (χ4v) is 3.35. The maximum Gasteiger partial charge on any atom is 0.306 e. The van der Waals surface area contributed by atoms with E-state index in [1.807, 2.05) is 23.5 Å². The number of hydrogen-bond acceptors (Lipinski definition) is 5. The van der Waals surface area contributed by atoms with Crippen LogP contribution in [0.3, 0.4) is 0 Å². The van der Waals surface area contributed by atoms with E-state index >= 15 is 0 Å². The molecule has 0 saturated carbocycles. The lowest BCUT2D eigenvalue weighted by Crippen LogP contribution is -2.30. The zero-order valence-corrected chi connectivity index (χ0v) is 10.8. The molecule has 1 rings (SSSR count). The van der Waals surface area contributed by atoms with Crippen molar-refractivity contribution in [1.82, 2.24) is 5.32 Å². The lowest BCUT2D eigenvalue weighted by atomic mass is 10.3. The topological polar surface area (TPSA) is 38.3 Å². The van der Waals surface area contributed by atoms with E-state index in [1.165, 1.54) is 25.0 Å². The Bertz CT molecular complexity index is 184. The predicted octanol–water partition coefficient (Wildman–Crippen LogP) is 1.38. The fourth-order valence-electron chi connectivity index (χ4n) is 1.39. The monoisotopic (exact) mass is 249 g/mol. The molecule has 0 aromatic rings. The van der Waals surface area contributed by atoms with Crippen molar-refractivity contribution in [3.63, 3.8) is 0 Å². The number of carbonyl (C=O) groups excluding carboxylic acids is 1. The Morgan fingerprint density at radius 3 is 3.13 bits per heavy atom. The van der Waals surface area contributed by atoms with Gasteiger partial charge in [-0.15, -0.1) is 0 Å². The minimum atomic E-state index is -0.109. The zero-order valence-electron chi connectivity index (χ0n) is 9.16. The Morgan fingerprint density at radius 1 is 1.60 bits per heavy atom. The predicted molar refractivity (Wildman–Crippen MR) is 67.7 cm³/mol. The molecule has 0 aromatic carbocycles. The third kappa shape index (κ3) is 6.33. The van der Waals surface area contributed by atoms with Gasteiger partial charge in [0.1, 0.15) is 0 Å². The summed E-state index contributed by atoms with van der Waals surface area (Å²) in [5.41, 5.74) is 0. The number of ether oxygens (including phenoxy) is 1. The molecule has 1 N–H and O–H groups in total. The number of thioether (sulfide) groups is 2. The first-order valence-electron chi connectivity index (χ1n) is 5.28. The number of esters is 1. The third-order valence-electron chi connectivity index (χ3n) is 2.29. The van der Waals surface area contributed by atoms with E-state index in [-0.39, 0.29) is 5.97 Å². The van der Waals surface area contributed by atoms with E-state index in [9.17, 15) is 4.79 Å². The van der Waals surface area contributed by atoms with Crippen molar-refractivity contribution in [2.45, 2.75) is 18.9 Å². The van der Waals surface area contributed by atoms with Gasteiger partial charge in [0.05, 0.1) is 13.5 Å². The normalized spacial score (nSPS) is 20.5. The molecular formula is C10H19NO2S2. The van der Waals surface area contributed by atoms with E-state index in [0.717, 1.165) is 24.1 Å². The molecule has 1 atom stereocenters. The molecule has 1 heterocycles. The van der Waals surface area contributed by atoms with Gasteiger partial charge in [0.25, 0.3) is 0 Å². The van der Waals surface area contributed by atoms with Crippen LogP contribution in [0.4, 0.5) is 0 Å². The quantitative estimate of drug-likeness (QED) is 0.545. The second-order valence-corrected chi connectivity index (χ2v) is 5.83. The summed E-state index contributed by atoms with van der Waals surface area (Å²) >= 11 is 3.84. The Hall–Kier alpha value is 0.130. The van der Waals surface area contributed by atoms with Gasteiger partial charge in [-0.1, -0.05) is 0 Å². The van der Waals surface area contributed by atoms with Crippen molar-refractivity contribution in [3.8, 4) is 0 Å². The molecular weight excluding hydrogens is 230 g/mol. The largest absolute Gasteiger partial charge is 0.469 e. The van der Waals surface area contributed by atoms with Crippen LogP contribution in [0.5, 0.6) is 0 Å². The van der Waals surface area contributed by atoms with Crippen LogP contribution in [0.1, 0.15) is 12.8 Å². The number of nitrogens with one attached hydrogen (secondary N) is 1. The van der Waals surface area contributed by atoms with Crippen molar-refractivity contribution in [2.24, 2.45) is 0 Å². The second-order valence-electron chi connectivity index (χ2n) is 3.45. The number of rotatable bonds is 7. The van der Waals surface area contributed by atoms with Gasteiger partial charge >= 0.3 is 5.97 Å². The Labute approximate surface area is 100 Å². The van der Waals surface area contributed by atoms with E-state index < -0.39 is 0 Å². The summed E-state index contributed by atoms with van der Waals surface area (Å²) in [4.78, 5) is 10.8. The highest BCUT2D eigenvalue weighted by atomic mass is 32.2. The Balaban J connectivity index is 1.82. The SMILES string of the molecule is COC(=O)CCSCCNC1CCSC1. The van der Waals surface area contributed by atoms with Gasteiger partial charge in [-0.3, -0.25) is 4.79 Å². The van der Waals surface area contributed by atoms with Crippen LogP contribution in [0.2, 0.25) is 0 Å². The van der Waals surface area contributed by atoms with Crippen LogP contribution in [0, 0.1) is 0 Å². The van der Waals surface area contributed by atoms with Gasteiger partial charge in [0, 0.05) is 29.8 Å². The fraction of sp³-hybridized carbons (Fsp3) is 0.900. The molecule has 0 bridgehead atoms. The molecule has 15 heavy (non-hydrogen) atoms. The van der Waals surface area contributed by atoms with Gasteiger partial charge in [0.2, 0.25) is 0 Å². The molecule has 0 aliphatic carbocycles. The minimum absolute atomic E-state index is 0.109. The first-order valence-corrected chi connectivity index (χ1v) is 7.59. The first kappa shape index (κ1) is 13.2. The highest BCUT2D eigenvalue weighted by molar-refractivity contribution is 7.99. The van der Waals surface area contributed by atoms with Crippen molar-refractivity contribution in [2.75, 3.05) is 36.7 Å². The summed E-state index contributed by atoms with van der Waals surface area (Å²) in [5.74, 6) is 4.40. The third-order valence-corrected chi connectivity index (χ3v) is 4.44. The average molecular weight is 249 g/mol. The first-order chi connectivity index (χ1) is 7.33. The van der Waals surface area contributed by atoms with Crippen LogP contribution in [-0.2, 0) is 9.53 Å². The minimum Gasteiger partial charge on any atom is -0.469 e. The average Bonchev–Trinajstić information content (AvgIpc) is 2.75. The molecule has 1 saturated heterocycles. The summed E-state index contributed by atoms with van der Waals surface area (Å²) in [6, 6.07) is 0.719. The van der Waals surface area contributed by atoms with Crippen molar-refractivity contribution in [3.05, 3.63) is 0 Å². The van der Waals surface area contributed by atoms with E-state index in [4.69, 9.17) is 0 Å². The summed E-state index contributed by atoms with van der Waals surface area (Å²) in [6.07, 6.45) is 1.83. The second kappa shape index (κ2) is 8.30. The number of carbonyl (C=O) groups is 1. The van der Waals surface area contributed by atoms with Gasteiger partial charge in [-0.2, -0.15) is 23.5 Å². The maximum absolute atomic E-state index is 10.8. The number of methoxy groups -OCH3 is 1. The van der Waals surface area contributed by atoms with Crippen LogP contribution in [0.15, 0.2) is 0 Å². The summed E-state index contributed by atoms with van der Waals surface area (Å²) in [6.45, 7) is 1.05. The molecule has 0 amide bonds. The van der Waals surface area contributed by atoms with Crippen LogP contribution in [-0.4, -0.2) is 48.7 Å². The Kier molecular flexibility index (Phi) is 7.30. The van der Waals surface area contributed by atoms with E-state index in [0.29, 0.717) is 6.42 Å². The van der Waals surface area contributed by atoms with E-state index in [1.54, 1.807) is 0 Å². The van der Waals surface area contributed by atoms with Crippen LogP contribution >= 0.6 is 23.5 Å². The Morgan fingerprint density at radius 2 is 2.47 bits per heavy atom. The molecule has 0 radical (unpaired) electrons. The van der Waals surface area contributed by atoms with Gasteiger partial charge < -0.3 is 10.1 Å². The van der Waals surface area contributed by atoms with Crippen molar-refractivity contribution in [1.29, 1.82) is 0 Å². The van der Waals surface area contributed by atoms with Crippen LogP contribution < -0.4 is 5.32 Å². The van der Waals surface area contributed by atoms with E-state index in [2.05, 4.69) is 10.1 Å². The standard InChI is InChI=1S/C10H19NO2S2/c1-13-10(12)3-6-14-7-4-11-9-2-5-15-8-9/h9,11H,2-8H2,1H3. The molecule has 1 aliphatic heterocycles. The van der Waals surface area contributed by atoms with Crippen molar-refractivity contribution >= 4 is 29.5 Å². The van der Waals surface area contributed by atoms with Gasteiger partial charge in [-0.05, 0) is 12.2 Å². The molecule has 0 aromatic heterocycles. The van der Waals surface area contributed by atoms with Gasteiger partial charge in [-0.25, -0.2) is 0 Å². The summed E-state index contributed by atoms with van der Waals surface area (Å²) in [7, 11) is 1.44. The van der Waals surface area contributed by atoms with Crippen molar-refractivity contribution < 1.29 is 9.53 Å². The lowest BCUT2D eigenvalue weighted by Gasteiger charge is -2.10. The molecule has 1 unspecified atom stereocenters. The lowest BCUT2D eigenvalue weighted by molar-refractivity contribution is -0.140. The highest BCUT2D eigenvalue weighted by Crippen LogP contribution is 2.16. The summed E-state index contributed by atoms with van der Waals surface area (Å²) < 4.78 is 4.57. The molecule has 88 valence electrons. The highest BCUT2D eigenvalue weighted by Gasteiger charge is 2.13. The summed E-state index contributed by atoms with van der Waals surface area (Å²) in [5, 5.41) is 3.53. The molecule has 3 nitrogen and oxygen atoms in total. The molecule has 1 aliphatic rings. The zero-order chi connectivity index (χ0) is 10.9. The maximum atomic E-state index is 10.8. The number of hydrogen-bond donors (Lipinski definition) is 1. The van der Waals surface area contributed by atoms with Gasteiger partial charge in [0.15, 0.2) is 0 Å². The molecule has 1 fully saturated rings.